The Kier molecular flexibility index (Phi) is 8.00. The quantitative estimate of drug-likeness (QED) is 0.457. The molecule has 0 atom stereocenters. The van der Waals surface area contributed by atoms with Gasteiger partial charge in [0.15, 0.2) is 6.61 Å². The van der Waals surface area contributed by atoms with Gasteiger partial charge in [0, 0.05) is 24.6 Å². The fraction of sp³-hybridized carbons (Fsp3) is 0.370. The van der Waals surface area contributed by atoms with Crippen molar-refractivity contribution in [3.8, 4) is 5.69 Å². The molecule has 1 amide bonds. The highest BCUT2D eigenvalue weighted by Gasteiger charge is 2.29. The third-order valence-corrected chi connectivity index (χ3v) is 8.13. The first-order chi connectivity index (χ1) is 18.0. The van der Waals surface area contributed by atoms with Gasteiger partial charge in [0.2, 0.25) is 10.0 Å². The van der Waals surface area contributed by atoms with Crippen molar-refractivity contribution in [1.82, 2.24) is 14.1 Å². The first kappa shape index (κ1) is 27.5. The number of morpholine rings is 1. The maximum atomic E-state index is 13.1. The molecular formula is C27H32N4O6S. The summed E-state index contributed by atoms with van der Waals surface area (Å²) in [6.45, 7) is 8.29. The van der Waals surface area contributed by atoms with Crippen LogP contribution >= 0.6 is 0 Å². The fourth-order valence-corrected chi connectivity index (χ4v) is 5.59. The predicted octanol–water partition coefficient (Wildman–Crippen LogP) is 3.29. The summed E-state index contributed by atoms with van der Waals surface area (Å²) >= 11 is 0. The Morgan fingerprint density at radius 1 is 1.05 bits per heavy atom. The van der Waals surface area contributed by atoms with Crippen molar-refractivity contribution in [2.75, 3.05) is 38.2 Å². The third-order valence-electron chi connectivity index (χ3n) is 6.09. The SMILES string of the molecule is Cc1ccc(C(=O)OCC(=O)Nc2cc(C(C)(C)C)nn2-c2ccccc2)cc1S(=O)(=O)N1CCOCC1. The number of ether oxygens (including phenoxy) is 2. The Hall–Kier alpha value is -3.54. The van der Waals surface area contributed by atoms with Gasteiger partial charge in [0.05, 0.1) is 35.1 Å². The molecule has 2 heterocycles. The average molecular weight is 541 g/mol. The predicted molar refractivity (Wildman–Crippen MR) is 142 cm³/mol. The molecule has 1 fully saturated rings. The molecule has 0 aliphatic carbocycles. The van der Waals surface area contributed by atoms with Gasteiger partial charge in [-0.25, -0.2) is 17.9 Å². The van der Waals surface area contributed by atoms with E-state index in [0.29, 0.717) is 24.6 Å². The first-order valence-electron chi connectivity index (χ1n) is 12.3. The second kappa shape index (κ2) is 11.1. The van der Waals surface area contributed by atoms with E-state index in [1.807, 2.05) is 51.1 Å². The highest BCUT2D eigenvalue weighted by molar-refractivity contribution is 7.89. The normalized spacial score (nSPS) is 14.7. The van der Waals surface area contributed by atoms with Crippen molar-refractivity contribution in [3.05, 3.63) is 71.4 Å². The lowest BCUT2D eigenvalue weighted by Gasteiger charge is -2.26. The largest absolute Gasteiger partial charge is 0.452 e. The number of benzene rings is 2. The van der Waals surface area contributed by atoms with Crippen LogP contribution in [0.2, 0.25) is 0 Å². The average Bonchev–Trinajstić information content (AvgIpc) is 3.33. The monoisotopic (exact) mass is 540 g/mol. The van der Waals surface area contributed by atoms with Crippen molar-refractivity contribution >= 4 is 27.7 Å². The van der Waals surface area contributed by atoms with E-state index < -0.39 is 28.5 Å². The summed E-state index contributed by atoms with van der Waals surface area (Å²) < 4.78 is 39.7. The number of nitrogens with one attached hydrogen (secondary N) is 1. The van der Waals surface area contributed by atoms with E-state index in [-0.39, 0.29) is 29.0 Å². The summed E-state index contributed by atoms with van der Waals surface area (Å²) in [7, 11) is -3.81. The number of hydrogen-bond donors (Lipinski definition) is 1. The van der Waals surface area contributed by atoms with Crippen molar-refractivity contribution in [3.63, 3.8) is 0 Å². The summed E-state index contributed by atoms with van der Waals surface area (Å²) in [6.07, 6.45) is 0. The molecule has 38 heavy (non-hydrogen) atoms. The molecular weight excluding hydrogens is 508 g/mol. The number of aryl methyl sites for hydroxylation is 1. The Labute approximate surface area is 222 Å². The maximum absolute atomic E-state index is 13.1. The van der Waals surface area contributed by atoms with Gasteiger partial charge in [-0.05, 0) is 36.8 Å². The zero-order chi connectivity index (χ0) is 27.5. The highest BCUT2D eigenvalue weighted by atomic mass is 32.2. The van der Waals surface area contributed by atoms with Crippen LogP contribution in [-0.2, 0) is 29.7 Å². The van der Waals surface area contributed by atoms with Gasteiger partial charge < -0.3 is 14.8 Å². The maximum Gasteiger partial charge on any atom is 0.338 e. The van der Waals surface area contributed by atoms with Gasteiger partial charge in [-0.2, -0.15) is 9.40 Å². The smallest absolute Gasteiger partial charge is 0.338 e. The number of amides is 1. The van der Waals surface area contributed by atoms with Crippen LogP contribution in [0.3, 0.4) is 0 Å². The molecule has 0 unspecified atom stereocenters. The van der Waals surface area contributed by atoms with Crippen LogP contribution in [-0.4, -0.2) is 67.3 Å². The van der Waals surface area contributed by atoms with Crippen LogP contribution in [0.25, 0.3) is 5.69 Å². The molecule has 3 aromatic rings. The van der Waals surface area contributed by atoms with Crippen LogP contribution in [0, 0.1) is 6.92 Å². The number of rotatable bonds is 7. The van der Waals surface area contributed by atoms with Crippen LogP contribution in [0.5, 0.6) is 0 Å². The summed E-state index contributed by atoms with van der Waals surface area (Å²) in [5.41, 5.74) is 1.84. The molecule has 1 N–H and O–H groups in total. The van der Waals surface area contributed by atoms with E-state index in [2.05, 4.69) is 10.4 Å². The first-order valence-corrected chi connectivity index (χ1v) is 13.7. The number of aromatic nitrogens is 2. The van der Waals surface area contributed by atoms with Crippen LogP contribution in [0.4, 0.5) is 5.82 Å². The number of carbonyl (C=O) groups is 2. The third kappa shape index (κ3) is 6.12. The second-order valence-corrected chi connectivity index (χ2v) is 11.9. The van der Waals surface area contributed by atoms with Crippen LogP contribution < -0.4 is 5.32 Å². The number of para-hydroxylation sites is 1. The molecule has 0 bridgehead atoms. The molecule has 10 nitrogen and oxygen atoms in total. The summed E-state index contributed by atoms with van der Waals surface area (Å²) in [4.78, 5) is 25.5. The minimum Gasteiger partial charge on any atom is -0.452 e. The van der Waals surface area contributed by atoms with Crippen LogP contribution in [0.15, 0.2) is 59.5 Å². The van der Waals surface area contributed by atoms with Gasteiger partial charge in [0.25, 0.3) is 5.91 Å². The lowest BCUT2D eigenvalue weighted by Crippen LogP contribution is -2.40. The van der Waals surface area contributed by atoms with Gasteiger partial charge in [0.1, 0.15) is 5.82 Å². The number of carbonyl (C=O) groups excluding carboxylic acids is 2. The van der Waals surface area contributed by atoms with Crippen molar-refractivity contribution < 1.29 is 27.5 Å². The zero-order valence-corrected chi connectivity index (χ0v) is 22.7. The molecule has 1 aliphatic rings. The molecule has 1 aliphatic heterocycles. The van der Waals surface area contributed by atoms with E-state index in [9.17, 15) is 18.0 Å². The summed E-state index contributed by atoms with van der Waals surface area (Å²) in [5.74, 6) is -0.911. The summed E-state index contributed by atoms with van der Waals surface area (Å²) in [5, 5.41) is 7.42. The Morgan fingerprint density at radius 3 is 2.39 bits per heavy atom. The van der Waals surface area contributed by atoms with E-state index in [4.69, 9.17) is 9.47 Å². The Morgan fingerprint density at radius 2 is 1.74 bits per heavy atom. The van der Waals surface area contributed by atoms with Gasteiger partial charge in [-0.1, -0.05) is 45.0 Å². The molecule has 4 rings (SSSR count). The molecule has 202 valence electrons. The fourth-order valence-electron chi connectivity index (χ4n) is 3.93. The summed E-state index contributed by atoms with van der Waals surface area (Å²) in [6, 6.07) is 15.5. The zero-order valence-electron chi connectivity index (χ0n) is 21.9. The lowest BCUT2D eigenvalue weighted by atomic mass is 9.92. The molecule has 2 aromatic carbocycles. The highest BCUT2D eigenvalue weighted by Crippen LogP contribution is 2.26. The molecule has 1 aromatic heterocycles. The molecule has 0 saturated carbocycles. The van der Waals surface area contributed by atoms with Crippen LogP contribution in [0.1, 0.15) is 42.4 Å². The van der Waals surface area contributed by atoms with Gasteiger partial charge in [-0.3, -0.25) is 4.79 Å². The van der Waals surface area contributed by atoms with Gasteiger partial charge >= 0.3 is 5.97 Å². The standard InChI is InChI=1S/C27H32N4O6S/c1-19-10-11-20(16-22(19)38(34,35)30-12-14-36-15-13-30)26(33)37-18-25(32)28-24-17-23(27(2,3)4)29-31(24)21-8-6-5-7-9-21/h5-11,16-17H,12-15,18H2,1-4H3,(H,28,32). The molecule has 1 saturated heterocycles. The minimum atomic E-state index is -3.81. The Balaban J connectivity index is 1.47. The lowest BCUT2D eigenvalue weighted by molar-refractivity contribution is -0.119. The van der Waals surface area contributed by atoms with Crippen molar-refractivity contribution in [2.24, 2.45) is 0 Å². The van der Waals surface area contributed by atoms with E-state index >= 15 is 0 Å². The number of sulfonamides is 1. The van der Waals surface area contributed by atoms with E-state index in [1.54, 1.807) is 23.7 Å². The van der Waals surface area contributed by atoms with E-state index in [0.717, 1.165) is 11.4 Å². The van der Waals surface area contributed by atoms with Crippen molar-refractivity contribution in [1.29, 1.82) is 0 Å². The number of hydrogen-bond acceptors (Lipinski definition) is 7. The van der Waals surface area contributed by atoms with Crippen molar-refractivity contribution in [2.45, 2.75) is 38.0 Å². The molecule has 0 radical (unpaired) electrons. The number of nitrogens with zero attached hydrogens (tertiary/aromatic N) is 3. The Bertz CT molecular complexity index is 1420. The number of esters is 1. The minimum absolute atomic E-state index is 0.0276. The second-order valence-electron chi connectivity index (χ2n) is 10.0. The molecule has 11 heteroatoms. The van der Waals surface area contributed by atoms with E-state index in [1.165, 1.54) is 16.4 Å². The van der Waals surface area contributed by atoms with Gasteiger partial charge in [-0.15, -0.1) is 0 Å². The molecule has 0 spiro atoms. The number of anilines is 1. The topological polar surface area (TPSA) is 120 Å².